The molecule has 2 aromatic heterocycles. The first-order chi connectivity index (χ1) is 9.72. The molecule has 1 aliphatic rings. The minimum absolute atomic E-state index is 0.271. The van der Waals surface area contributed by atoms with Gasteiger partial charge in [-0.3, -0.25) is 0 Å². The van der Waals surface area contributed by atoms with Crippen LogP contribution in [0.25, 0.3) is 0 Å². The van der Waals surface area contributed by atoms with Crippen LogP contribution in [0, 0.1) is 6.92 Å². The van der Waals surface area contributed by atoms with Gasteiger partial charge in [-0.1, -0.05) is 0 Å². The van der Waals surface area contributed by atoms with Gasteiger partial charge in [0.25, 0.3) is 0 Å². The van der Waals surface area contributed by atoms with E-state index in [4.69, 9.17) is 5.73 Å². The van der Waals surface area contributed by atoms with Gasteiger partial charge < -0.3 is 16.0 Å². The number of hydrogen-bond acceptors (Lipinski definition) is 7. The fourth-order valence-corrected chi connectivity index (χ4v) is 3.11. The predicted octanol–water partition coefficient (Wildman–Crippen LogP) is 2.04. The van der Waals surface area contributed by atoms with Crippen molar-refractivity contribution in [2.24, 2.45) is 0 Å². The molecule has 0 saturated carbocycles. The van der Waals surface area contributed by atoms with E-state index in [1.807, 2.05) is 0 Å². The Morgan fingerprint density at radius 3 is 2.80 bits per heavy atom. The molecular formula is C13H18N6S. The summed E-state index contributed by atoms with van der Waals surface area (Å²) >= 11 is 1.73. The van der Waals surface area contributed by atoms with Crippen LogP contribution in [0.2, 0.25) is 0 Å². The Hall–Kier alpha value is -1.89. The highest BCUT2D eigenvalue weighted by molar-refractivity contribution is 7.10. The Morgan fingerprint density at radius 1 is 1.30 bits per heavy atom. The first-order valence-corrected chi connectivity index (χ1v) is 7.63. The van der Waals surface area contributed by atoms with Crippen molar-refractivity contribution in [2.75, 3.05) is 29.0 Å². The maximum atomic E-state index is 5.78. The molecule has 1 fully saturated rings. The Labute approximate surface area is 122 Å². The summed E-state index contributed by atoms with van der Waals surface area (Å²) in [7, 11) is 0. The molecule has 7 heteroatoms. The molecule has 0 bridgehead atoms. The Morgan fingerprint density at radius 2 is 2.10 bits per heavy atom. The van der Waals surface area contributed by atoms with Gasteiger partial charge in [0.1, 0.15) is 0 Å². The maximum absolute atomic E-state index is 5.78. The van der Waals surface area contributed by atoms with Crippen molar-refractivity contribution < 1.29 is 0 Å². The summed E-state index contributed by atoms with van der Waals surface area (Å²) in [5, 5.41) is 5.32. The third-order valence-electron chi connectivity index (χ3n) is 3.41. The highest BCUT2D eigenvalue weighted by atomic mass is 32.1. The second kappa shape index (κ2) is 5.62. The number of anilines is 3. The topological polar surface area (TPSA) is 80.0 Å². The summed E-state index contributed by atoms with van der Waals surface area (Å²) < 4.78 is 0. The van der Waals surface area contributed by atoms with Crippen LogP contribution in [-0.2, 0) is 6.54 Å². The second-order valence-corrected chi connectivity index (χ2v) is 5.89. The van der Waals surface area contributed by atoms with Crippen molar-refractivity contribution in [3.8, 4) is 0 Å². The number of aryl methyl sites for hydroxylation is 1. The molecule has 1 saturated heterocycles. The van der Waals surface area contributed by atoms with Crippen molar-refractivity contribution in [1.82, 2.24) is 15.0 Å². The molecular weight excluding hydrogens is 272 g/mol. The molecule has 106 valence electrons. The van der Waals surface area contributed by atoms with Crippen molar-refractivity contribution in [3.63, 3.8) is 0 Å². The third kappa shape index (κ3) is 2.82. The molecule has 6 nitrogen and oxygen atoms in total. The number of thiophene rings is 1. The van der Waals surface area contributed by atoms with Crippen molar-refractivity contribution in [1.29, 1.82) is 0 Å². The summed E-state index contributed by atoms with van der Waals surface area (Å²) in [6, 6.07) is 2.11. The van der Waals surface area contributed by atoms with Crippen LogP contribution < -0.4 is 16.0 Å². The Balaban J connectivity index is 1.74. The summed E-state index contributed by atoms with van der Waals surface area (Å²) in [6.45, 7) is 4.80. The predicted molar refractivity (Wildman–Crippen MR) is 82.1 cm³/mol. The van der Waals surface area contributed by atoms with Gasteiger partial charge in [-0.05, 0) is 36.8 Å². The van der Waals surface area contributed by atoms with E-state index in [1.165, 1.54) is 23.3 Å². The van der Waals surface area contributed by atoms with E-state index in [-0.39, 0.29) is 5.95 Å². The zero-order chi connectivity index (χ0) is 13.9. The number of rotatable bonds is 4. The fourth-order valence-electron chi connectivity index (χ4n) is 2.26. The standard InChI is InChI=1S/C13H18N6S/c1-9-4-7-20-10(9)8-15-12-16-11(14)17-13(18-12)19-5-2-3-6-19/h4,7H,2-3,5-6,8H2,1H3,(H3,14,15,16,17,18). The van der Waals surface area contributed by atoms with E-state index < -0.39 is 0 Å². The maximum Gasteiger partial charge on any atom is 0.231 e. The van der Waals surface area contributed by atoms with Crippen LogP contribution in [0.1, 0.15) is 23.3 Å². The van der Waals surface area contributed by atoms with Crippen LogP contribution in [0.5, 0.6) is 0 Å². The van der Waals surface area contributed by atoms with E-state index in [1.54, 1.807) is 11.3 Å². The molecule has 3 N–H and O–H groups in total. The van der Waals surface area contributed by atoms with Gasteiger partial charge >= 0.3 is 0 Å². The second-order valence-electron chi connectivity index (χ2n) is 4.89. The van der Waals surface area contributed by atoms with Crippen LogP contribution >= 0.6 is 11.3 Å². The van der Waals surface area contributed by atoms with E-state index in [9.17, 15) is 0 Å². The fraction of sp³-hybridized carbons (Fsp3) is 0.462. The first-order valence-electron chi connectivity index (χ1n) is 6.76. The number of nitrogen functional groups attached to an aromatic ring is 1. The highest BCUT2D eigenvalue weighted by Crippen LogP contribution is 2.19. The molecule has 0 unspecified atom stereocenters. The van der Waals surface area contributed by atoms with Crippen LogP contribution in [0.4, 0.5) is 17.8 Å². The quantitative estimate of drug-likeness (QED) is 0.897. The molecule has 3 rings (SSSR count). The lowest BCUT2D eigenvalue weighted by molar-refractivity contribution is 0.881. The van der Waals surface area contributed by atoms with Crippen molar-refractivity contribution >= 4 is 29.2 Å². The van der Waals surface area contributed by atoms with E-state index >= 15 is 0 Å². The van der Waals surface area contributed by atoms with Crippen molar-refractivity contribution in [2.45, 2.75) is 26.3 Å². The lowest BCUT2D eigenvalue weighted by atomic mass is 10.3. The monoisotopic (exact) mass is 290 g/mol. The minimum Gasteiger partial charge on any atom is -0.368 e. The number of nitrogens with two attached hydrogens (primary N) is 1. The van der Waals surface area contributed by atoms with E-state index in [2.05, 4.69) is 43.5 Å². The first kappa shape index (κ1) is 13.1. The molecule has 0 radical (unpaired) electrons. The van der Waals surface area contributed by atoms with Crippen LogP contribution in [0.3, 0.4) is 0 Å². The minimum atomic E-state index is 0.271. The molecule has 1 aliphatic heterocycles. The van der Waals surface area contributed by atoms with Gasteiger partial charge in [0.15, 0.2) is 0 Å². The summed E-state index contributed by atoms with van der Waals surface area (Å²) in [4.78, 5) is 16.3. The van der Waals surface area contributed by atoms with Gasteiger partial charge in [0.2, 0.25) is 17.8 Å². The average molecular weight is 290 g/mol. The third-order valence-corrected chi connectivity index (χ3v) is 4.43. The summed E-state index contributed by atoms with van der Waals surface area (Å²) in [6.07, 6.45) is 2.37. The smallest absolute Gasteiger partial charge is 0.231 e. The lowest BCUT2D eigenvalue weighted by Gasteiger charge is -2.16. The van der Waals surface area contributed by atoms with Crippen molar-refractivity contribution in [3.05, 3.63) is 21.9 Å². The molecule has 3 heterocycles. The molecule has 0 aliphatic carbocycles. The zero-order valence-electron chi connectivity index (χ0n) is 11.5. The van der Waals surface area contributed by atoms with Gasteiger partial charge in [0, 0.05) is 18.0 Å². The molecule has 0 aromatic carbocycles. The molecule has 0 atom stereocenters. The lowest BCUT2D eigenvalue weighted by Crippen LogP contribution is -2.22. The van der Waals surface area contributed by atoms with Gasteiger partial charge in [-0.2, -0.15) is 15.0 Å². The SMILES string of the molecule is Cc1ccsc1CNc1nc(N)nc(N2CCCC2)n1. The molecule has 0 amide bonds. The number of aromatic nitrogens is 3. The zero-order valence-corrected chi connectivity index (χ0v) is 12.3. The largest absolute Gasteiger partial charge is 0.368 e. The van der Waals surface area contributed by atoms with E-state index in [0.717, 1.165) is 13.1 Å². The van der Waals surface area contributed by atoms with Gasteiger partial charge in [-0.15, -0.1) is 11.3 Å². The Bertz CT molecular complexity index is 590. The summed E-state index contributed by atoms with van der Waals surface area (Å²) in [5.41, 5.74) is 7.06. The number of nitrogens with zero attached hydrogens (tertiary/aromatic N) is 4. The normalized spacial score (nSPS) is 14.8. The summed E-state index contributed by atoms with van der Waals surface area (Å²) in [5.74, 6) is 1.50. The molecule has 0 spiro atoms. The number of hydrogen-bond donors (Lipinski definition) is 2. The van der Waals surface area contributed by atoms with Gasteiger partial charge in [-0.25, -0.2) is 0 Å². The molecule has 20 heavy (non-hydrogen) atoms. The Kier molecular flexibility index (Phi) is 3.68. The van der Waals surface area contributed by atoms with Crippen LogP contribution in [-0.4, -0.2) is 28.0 Å². The molecule has 2 aromatic rings. The van der Waals surface area contributed by atoms with Crippen LogP contribution in [0.15, 0.2) is 11.4 Å². The van der Waals surface area contributed by atoms with Gasteiger partial charge in [0.05, 0.1) is 6.54 Å². The van der Waals surface area contributed by atoms with E-state index in [0.29, 0.717) is 18.4 Å². The highest BCUT2D eigenvalue weighted by Gasteiger charge is 2.16. The number of nitrogens with one attached hydrogen (secondary N) is 1. The average Bonchev–Trinajstić information content (AvgIpc) is 3.07.